The lowest BCUT2D eigenvalue weighted by Crippen LogP contribution is -2.49. The third-order valence-corrected chi connectivity index (χ3v) is 5.79. The molecular weight excluding hydrogens is 409 g/mol. The van der Waals surface area contributed by atoms with Gasteiger partial charge < -0.3 is 14.7 Å². The Morgan fingerprint density at radius 1 is 1.41 bits per heavy atom. The Balaban J connectivity index is 1.90. The summed E-state index contributed by atoms with van der Waals surface area (Å²) in [4.78, 5) is 21.5. The smallest absolute Gasteiger partial charge is 0.259 e. The number of pyridine rings is 1. The fraction of sp³-hybridized carbons (Fsp3) is 0.440. The van der Waals surface area contributed by atoms with Crippen LogP contribution >= 0.6 is 0 Å². The van der Waals surface area contributed by atoms with Gasteiger partial charge in [-0.25, -0.2) is 9.37 Å². The summed E-state index contributed by atoms with van der Waals surface area (Å²) in [5.41, 5.74) is 1.81. The van der Waals surface area contributed by atoms with Gasteiger partial charge in [0.1, 0.15) is 17.5 Å². The first kappa shape index (κ1) is 23.9. The maximum Gasteiger partial charge on any atom is 0.259 e. The van der Waals surface area contributed by atoms with E-state index in [0.29, 0.717) is 30.8 Å². The summed E-state index contributed by atoms with van der Waals surface area (Å²) in [6.45, 7) is 7.03. The number of halogens is 1. The van der Waals surface area contributed by atoms with Crippen LogP contribution in [0.4, 0.5) is 4.39 Å². The lowest BCUT2D eigenvalue weighted by atomic mass is 9.99. The van der Waals surface area contributed by atoms with Crippen molar-refractivity contribution in [2.75, 3.05) is 26.7 Å². The van der Waals surface area contributed by atoms with E-state index < -0.39 is 0 Å². The standard InChI is InChI=1S/C25H32FN3O3/c1-5-8-19-11-21-24(27-12-19)32-23(17(2)13-29(25(21)31)18(3)16-30)15-28(4)14-20-9-6-7-10-22(20)26/h5-12,17-18,23,30H,13-16H2,1-4H3/b8-5+/t17-,18+,23-/m1/s1. The number of rotatable bonds is 7. The summed E-state index contributed by atoms with van der Waals surface area (Å²) in [5, 5.41) is 9.75. The normalized spacial score (nSPS) is 20.1. The van der Waals surface area contributed by atoms with Gasteiger partial charge in [-0.3, -0.25) is 9.69 Å². The largest absolute Gasteiger partial charge is 0.472 e. The third-order valence-electron chi connectivity index (χ3n) is 5.79. The highest BCUT2D eigenvalue weighted by Crippen LogP contribution is 2.28. The zero-order valence-corrected chi connectivity index (χ0v) is 19.2. The van der Waals surface area contributed by atoms with E-state index in [1.54, 1.807) is 29.3 Å². The van der Waals surface area contributed by atoms with Crippen molar-refractivity contribution >= 4 is 12.0 Å². The number of hydrogen-bond donors (Lipinski definition) is 1. The number of hydrogen-bond acceptors (Lipinski definition) is 5. The van der Waals surface area contributed by atoms with Crippen molar-refractivity contribution in [2.24, 2.45) is 5.92 Å². The van der Waals surface area contributed by atoms with Crippen molar-refractivity contribution in [1.29, 1.82) is 0 Å². The summed E-state index contributed by atoms with van der Waals surface area (Å²) in [6, 6.07) is 8.18. The number of fused-ring (bicyclic) bond motifs is 1. The molecule has 1 aliphatic rings. The van der Waals surface area contributed by atoms with E-state index in [1.807, 2.05) is 50.9 Å². The van der Waals surface area contributed by atoms with Gasteiger partial charge in [0, 0.05) is 37.3 Å². The van der Waals surface area contributed by atoms with Gasteiger partial charge >= 0.3 is 0 Å². The second-order valence-electron chi connectivity index (χ2n) is 8.53. The van der Waals surface area contributed by atoms with Crippen LogP contribution in [-0.4, -0.2) is 64.7 Å². The van der Waals surface area contributed by atoms with Crippen molar-refractivity contribution in [3.8, 4) is 5.88 Å². The Morgan fingerprint density at radius 3 is 2.84 bits per heavy atom. The van der Waals surface area contributed by atoms with Gasteiger partial charge in [0.15, 0.2) is 0 Å². The van der Waals surface area contributed by atoms with Crippen LogP contribution in [0.1, 0.15) is 42.3 Å². The van der Waals surface area contributed by atoms with E-state index in [4.69, 9.17) is 4.74 Å². The quantitative estimate of drug-likeness (QED) is 0.711. The molecular formula is C25H32FN3O3. The first-order valence-corrected chi connectivity index (χ1v) is 11.0. The van der Waals surface area contributed by atoms with Crippen LogP contribution in [0.5, 0.6) is 5.88 Å². The van der Waals surface area contributed by atoms with Crippen molar-refractivity contribution in [3.63, 3.8) is 0 Å². The molecule has 0 aliphatic carbocycles. The maximum absolute atomic E-state index is 14.1. The molecule has 0 bridgehead atoms. The third kappa shape index (κ3) is 5.53. The van der Waals surface area contributed by atoms with Crippen molar-refractivity contribution in [3.05, 3.63) is 65.1 Å². The molecule has 1 aliphatic heterocycles. The topological polar surface area (TPSA) is 65.9 Å². The number of likely N-dealkylation sites (N-methyl/N-ethyl adjacent to an activating group) is 1. The minimum absolute atomic E-state index is 0.0267. The average Bonchev–Trinajstić information content (AvgIpc) is 2.78. The van der Waals surface area contributed by atoms with Gasteiger partial charge in [-0.05, 0) is 38.6 Å². The van der Waals surface area contributed by atoms with Crippen molar-refractivity contribution in [2.45, 2.75) is 39.5 Å². The zero-order chi connectivity index (χ0) is 23.3. The Labute approximate surface area is 189 Å². The molecule has 7 heteroatoms. The van der Waals surface area contributed by atoms with Crippen LogP contribution in [0, 0.1) is 11.7 Å². The van der Waals surface area contributed by atoms with E-state index in [2.05, 4.69) is 4.98 Å². The first-order chi connectivity index (χ1) is 15.3. The number of nitrogens with zero attached hydrogens (tertiary/aromatic N) is 3. The molecule has 0 fully saturated rings. The van der Waals surface area contributed by atoms with Gasteiger partial charge in [0.25, 0.3) is 5.91 Å². The number of aliphatic hydroxyl groups is 1. The molecule has 1 amide bonds. The molecule has 0 unspecified atom stereocenters. The predicted molar refractivity (Wildman–Crippen MR) is 123 cm³/mol. The number of carbonyl (C=O) groups excluding carboxylic acids is 1. The molecule has 0 saturated carbocycles. The summed E-state index contributed by atoms with van der Waals surface area (Å²) in [6.07, 6.45) is 5.17. The lowest BCUT2D eigenvalue weighted by molar-refractivity contribution is 0.0324. The highest BCUT2D eigenvalue weighted by molar-refractivity contribution is 5.97. The molecule has 0 spiro atoms. The minimum atomic E-state index is -0.335. The minimum Gasteiger partial charge on any atom is -0.472 e. The average molecular weight is 442 g/mol. The van der Waals surface area contributed by atoms with Crippen molar-refractivity contribution in [1.82, 2.24) is 14.8 Å². The summed E-state index contributed by atoms with van der Waals surface area (Å²) < 4.78 is 20.4. The molecule has 0 saturated heterocycles. The van der Waals surface area contributed by atoms with Gasteiger partial charge in [-0.2, -0.15) is 0 Å². The van der Waals surface area contributed by atoms with Crippen LogP contribution in [0.15, 0.2) is 42.6 Å². The van der Waals surface area contributed by atoms with E-state index in [9.17, 15) is 14.3 Å². The lowest BCUT2D eigenvalue weighted by Gasteiger charge is -2.37. The van der Waals surface area contributed by atoms with E-state index in [0.717, 1.165) is 5.56 Å². The molecule has 2 aromatic rings. The monoisotopic (exact) mass is 441 g/mol. The Bertz CT molecular complexity index is 965. The molecule has 6 nitrogen and oxygen atoms in total. The molecule has 32 heavy (non-hydrogen) atoms. The van der Waals surface area contributed by atoms with Gasteiger partial charge in [-0.1, -0.05) is 37.3 Å². The maximum atomic E-state index is 14.1. The SMILES string of the molecule is C/C=C/c1cnc2c(c1)C(=O)N([C@@H](C)CO)C[C@@H](C)[C@@H](CN(C)Cc1ccccc1F)O2. The highest BCUT2D eigenvalue weighted by atomic mass is 19.1. The van der Waals surface area contributed by atoms with E-state index >= 15 is 0 Å². The fourth-order valence-corrected chi connectivity index (χ4v) is 3.91. The highest BCUT2D eigenvalue weighted by Gasteiger charge is 2.34. The summed E-state index contributed by atoms with van der Waals surface area (Å²) in [5.74, 6) is -0.177. The number of amides is 1. The van der Waals surface area contributed by atoms with Crippen molar-refractivity contribution < 1.29 is 19.0 Å². The fourth-order valence-electron chi connectivity index (χ4n) is 3.91. The summed E-state index contributed by atoms with van der Waals surface area (Å²) in [7, 11) is 1.92. The van der Waals surface area contributed by atoms with Gasteiger partial charge in [0.05, 0.1) is 12.6 Å². The number of carbonyl (C=O) groups is 1. The number of ether oxygens (including phenoxy) is 1. The molecule has 1 aromatic heterocycles. The molecule has 1 aromatic carbocycles. The number of benzene rings is 1. The second-order valence-corrected chi connectivity index (χ2v) is 8.53. The number of aliphatic hydroxyl groups excluding tert-OH is 1. The van der Waals surface area contributed by atoms with E-state index in [1.165, 1.54) is 6.07 Å². The Morgan fingerprint density at radius 2 is 2.16 bits per heavy atom. The molecule has 3 rings (SSSR count). The molecule has 3 atom stereocenters. The molecule has 0 radical (unpaired) electrons. The number of allylic oxidation sites excluding steroid dienone is 1. The Kier molecular flexibility index (Phi) is 7.99. The van der Waals surface area contributed by atoms with E-state index in [-0.39, 0.29) is 42.3 Å². The molecule has 2 heterocycles. The zero-order valence-electron chi connectivity index (χ0n) is 19.2. The van der Waals surface area contributed by atoms with Gasteiger partial charge in [-0.15, -0.1) is 0 Å². The molecule has 172 valence electrons. The molecule has 1 N–H and O–H groups in total. The van der Waals surface area contributed by atoms with Crippen LogP contribution < -0.4 is 4.74 Å². The number of aromatic nitrogens is 1. The van der Waals surface area contributed by atoms with Gasteiger partial charge in [0.2, 0.25) is 5.88 Å². The Hall–Kier alpha value is -2.77. The van der Waals surface area contributed by atoms with Crippen LogP contribution in [0.3, 0.4) is 0 Å². The predicted octanol–water partition coefficient (Wildman–Crippen LogP) is 3.61. The summed E-state index contributed by atoms with van der Waals surface area (Å²) >= 11 is 0. The second kappa shape index (κ2) is 10.7. The first-order valence-electron chi connectivity index (χ1n) is 11.0. The van der Waals surface area contributed by atoms with Crippen LogP contribution in [0.2, 0.25) is 0 Å². The van der Waals surface area contributed by atoms with Crippen LogP contribution in [-0.2, 0) is 6.54 Å². The van der Waals surface area contributed by atoms with Crippen LogP contribution in [0.25, 0.3) is 6.08 Å².